The number of nitrogens with one attached hydrogen (secondary N) is 1. The van der Waals surface area contributed by atoms with Crippen LogP contribution in [0.2, 0.25) is 0 Å². The van der Waals surface area contributed by atoms with Gasteiger partial charge in [0.2, 0.25) is 0 Å². The Hall–Kier alpha value is -3.28. The summed E-state index contributed by atoms with van der Waals surface area (Å²) in [5.74, 6) is 1.09. The molecule has 0 aliphatic carbocycles. The number of rotatable bonds is 9. The number of aryl methyl sites for hydroxylation is 1. The van der Waals surface area contributed by atoms with Crippen LogP contribution in [0.15, 0.2) is 53.3 Å². The Bertz CT molecular complexity index is 1120. The van der Waals surface area contributed by atoms with Gasteiger partial charge in [0.25, 0.3) is 11.5 Å². The highest BCUT2D eigenvalue weighted by Crippen LogP contribution is 2.31. The zero-order chi connectivity index (χ0) is 22.4. The zero-order valence-corrected chi connectivity index (χ0v) is 18.6. The summed E-state index contributed by atoms with van der Waals surface area (Å²) in [6.45, 7) is 7.22. The van der Waals surface area contributed by atoms with Crippen LogP contribution in [0, 0.1) is 0 Å². The summed E-state index contributed by atoms with van der Waals surface area (Å²) in [5, 5.41) is 3.75. The third-order valence-corrected chi connectivity index (χ3v) is 5.14. The van der Waals surface area contributed by atoms with Gasteiger partial charge in [0, 0.05) is 18.5 Å². The van der Waals surface area contributed by atoms with E-state index in [-0.39, 0.29) is 17.5 Å². The first-order valence-corrected chi connectivity index (χ1v) is 10.7. The number of para-hydroxylation sites is 1. The van der Waals surface area contributed by atoms with E-state index in [1.165, 1.54) is 6.07 Å². The van der Waals surface area contributed by atoms with Gasteiger partial charge < -0.3 is 19.4 Å². The van der Waals surface area contributed by atoms with Gasteiger partial charge >= 0.3 is 0 Å². The van der Waals surface area contributed by atoms with Crippen molar-refractivity contribution in [2.75, 3.05) is 13.2 Å². The number of hydrogen-bond acceptors (Lipinski definition) is 4. The Kier molecular flexibility index (Phi) is 7.34. The van der Waals surface area contributed by atoms with E-state index in [2.05, 4.69) is 12.2 Å². The predicted octanol–water partition coefficient (Wildman–Crippen LogP) is 4.61. The second-order valence-electron chi connectivity index (χ2n) is 7.57. The summed E-state index contributed by atoms with van der Waals surface area (Å²) in [5.41, 5.74) is 1.78. The number of fused-ring (bicyclic) bond motifs is 1. The van der Waals surface area contributed by atoms with Crippen LogP contribution in [-0.2, 0) is 7.05 Å². The van der Waals surface area contributed by atoms with Gasteiger partial charge in [0.05, 0.1) is 30.3 Å². The van der Waals surface area contributed by atoms with Crippen molar-refractivity contribution in [2.24, 2.45) is 7.05 Å². The minimum Gasteiger partial charge on any atom is -0.490 e. The number of ether oxygens (including phenoxy) is 2. The number of amides is 1. The minimum absolute atomic E-state index is 0.218. The molecule has 1 atom stereocenters. The van der Waals surface area contributed by atoms with Crippen molar-refractivity contribution < 1.29 is 14.3 Å². The number of hydrogen-bond donors (Lipinski definition) is 1. The Morgan fingerprint density at radius 3 is 2.39 bits per heavy atom. The molecule has 1 heterocycles. The largest absolute Gasteiger partial charge is 0.490 e. The normalized spacial score (nSPS) is 11.9. The van der Waals surface area contributed by atoms with Crippen molar-refractivity contribution in [1.29, 1.82) is 0 Å². The highest BCUT2D eigenvalue weighted by atomic mass is 16.5. The van der Waals surface area contributed by atoms with E-state index in [1.807, 2.05) is 56.3 Å². The van der Waals surface area contributed by atoms with E-state index in [0.29, 0.717) is 30.3 Å². The second kappa shape index (κ2) is 10.2. The average molecular weight is 423 g/mol. The van der Waals surface area contributed by atoms with Gasteiger partial charge in [-0.05, 0) is 43.5 Å². The van der Waals surface area contributed by atoms with E-state index < -0.39 is 0 Å². The molecule has 6 heteroatoms. The molecule has 6 nitrogen and oxygen atoms in total. The van der Waals surface area contributed by atoms with E-state index in [0.717, 1.165) is 29.3 Å². The third-order valence-electron chi connectivity index (χ3n) is 5.14. The van der Waals surface area contributed by atoms with Crippen LogP contribution in [0.5, 0.6) is 11.5 Å². The molecule has 1 N–H and O–H groups in total. The van der Waals surface area contributed by atoms with Crippen LogP contribution in [-0.4, -0.2) is 23.7 Å². The van der Waals surface area contributed by atoms with Crippen molar-refractivity contribution >= 4 is 16.8 Å². The number of benzene rings is 2. The monoisotopic (exact) mass is 422 g/mol. The van der Waals surface area contributed by atoms with E-state index in [9.17, 15) is 9.59 Å². The molecular formula is C25H30N2O4. The van der Waals surface area contributed by atoms with Gasteiger partial charge in [-0.1, -0.05) is 38.1 Å². The van der Waals surface area contributed by atoms with Crippen LogP contribution in [0.4, 0.5) is 0 Å². The fraction of sp³-hybridized carbons (Fsp3) is 0.360. The van der Waals surface area contributed by atoms with E-state index in [4.69, 9.17) is 9.47 Å². The van der Waals surface area contributed by atoms with Gasteiger partial charge in [0.15, 0.2) is 11.5 Å². The molecule has 0 radical (unpaired) electrons. The van der Waals surface area contributed by atoms with Crippen LogP contribution in [0.25, 0.3) is 10.9 Å². The lowest BCUT2D eigenvalue weighted by Gasteiger charge is -2.18. The van der Waals surface area contributed by atoms with Crippen molar-refractivity contribution in [3.63, 3.8) is 0 Å². The van der Waals surface area contributed by atoms with Gasteiger partial charge in [-0.25, -0.2) is 0 Å². The van der Waals surface area contributed by atoms with E-state index in [1.54, 1.807) is 11.6 Å². The molecule has 0 saturated heterocycles. The molecule has 0 spiro atoms. The van der Waals surface area contributed by atoms with E-state index >= 15 is 0 Å². The summed E-state index contributed by atoms with van der Waals surface area (Å²) in [7, 11) is 1.70. The molecule has 0 aliphatic heterocycles. The molecule has 3 aromatic rings. The maximum absolute atomic E-state index is 13.1. The smallest absolute Gasteiger partial charge is 0.252 e. The number of aromatic nitrogens is 1. The molecule has 1 unspecified atom stereocenters. The maximum Gasteiger partial charge on any atom is 0.252 e. The molecule has 3 rings (SSSR count). The molecule has 0 aliphatic rings. The van der Waals surface area contributed by atoms with Crippen LogP contribution in [0.3, 0.4) is 0 Å². The number of carbonyl (C=O) groups excluding carboxylic acids is 1. The Morgan fingerprint density at radius 1 is 1.00 bits per heavy atom. The van der Waals surface area contributed by atoms with Crippen LogP contribution >= 0.6 is 0 Å². The standard InChI is InChI=1S/C25H30N2O4/c1-5-13-30-22-12-11-18(15-23(22)31-14-6-2)17(3)26-25(29)20-16-24(28)27(4)21-10-8-7-9-19(20)21/h7-12,15-17H,5-6,13-14H2,1-4H3,(H,26,29). The molecule has 31 heavy (non-hydrogen) atoms. The van der Waals surface area contributed by atoms with Crippen molar-refractivity contribution in [3.8, 4) is 11.5 Å². The third kappa shape index (κ3) is 5.08. The first-order valence-electron chi connectivity index (χ1n) is 10.7. The number of carbonyl (C=O) groups is 1. The summed E-state index contributed by atoms with van der Waals surface area (Å²) in [6.07, 6.45) is 1.80. The first kappa shape index (κ1) is 22.4. The molecule has 0 fully saturated rings. The lowest BCUT2D eigenvalue weighted by Crippen LogP contribution is -2.29. The van der Waals surface area contributed by atoms with Crippen LogP contribution in [0.1, 0.15) is 55.6 Å². The lowest BCUT2D eigenvalue weighted by atomic mass is 10.0. The molecule has 164 valence electrons. The Balaban J connectivity index is 1.87. The second-order valence-corrected chi connectivity index (χ2v) is 7.57. The summed E-state index contributed by atoms with van der Waals surface area (Å²) in [6, 6.07) is 14.2. The van der Waals surface area contributed by atoms with Gasteiger partial charge in [-0.15, -0.1) is 0 Å². The SMILES string of the molecule is CCCOc1ccc(C(C)NC(=O)c2cc(=O)n(C)c3ccccc23)cc1OCCC. The lowest BCUT2D eigenvalue weighted by molar-refractivity contribution is 0.0941. The van der Waals surface area contributed by atoms with Crippen molar-refractivity contribution in [2.45, 2.75) is 39.7 Å². The van der Waals surface area contributed by atoms with Gasteiger partial charge in [0.1, 0.15) is 0 Å². The molecular weight excluding hydrogens is 392 g/mol. The summed E-state index contributed by atoms with van der Waals surface area (Å²) < 4.78 is 13.2. The maximum atomic E-state index is 13.1. The Labute approximate surface area is 182 Å². The van der Waals surface area contributed by atoms with Crippen molar-refractivity contribution in [1.82, 2.24) is 9.88 Å². The fourth-order valence-corrected chi connectivity index (χ4v) is 3.41. The zero-order valence-electron chi connectivity index (χ0n) is 18.6. The number of nitrogens with zero attached hydrogens (tertiary/aromatic N) is 1. The predicted molar refractivity (Wildman–Crippen MR) is 123 cm³/mol. The minimum atomic E-state index is -0.288. The first-order chi connectivity index (χ1) is 15.0. The summed E-state index contributed by atoms with van der Waals surface area (Å²) in [4.78, 5) is 25.4. The highest BCUT2D eigenvalue weighted by molar-refractivity contribution is 6.06. The highest BCUT2D eigenvalue weighted by Gasteiger charge is 2.17. The molecule has 1 aromatic heterocycles. The van der Waals surface area contributed by atoms with Crippen molar-refractivity contribution in [3.05, 3.63) is 70.0 Å². The fourth-order valence-electron chi connectivity index (χ4n) is 3.41. The molecule has 0 bridgehead atoms. The van der Waals surface area contributed by atoms with Crippen LogP contribution < -0.4 is 20.3 Å². The number of pyridine rings is 1. The van der Waals surface area contributed by atoms with Gasteiger partial charge in [-0.3, -0.25) is 9.59 Å². The molecule has 1 amide bonds. The topological polar surface area (TPSA) is 69.6 Å². The average Bonchev–Trinajstić information content (AvgIpc) is 2.78. The molecule has 2 aromatic carbocycles. The Morgan fingerprint density at radius 2 is 1.68 bits per heavy atom. The molecule has 0 saturated carbocycles. The quantitative estimate of drug-likeness (QED) is 0.547. The summed E-state index contributed by atoms with van der Waals surface area (Å²) >= 11 is 0. The van der Waals surface area contributed by atoms with Gasteiger partial charge in [-0.2, -0.15) is 0 Å².